The Labute approximate surface area is 164 Å². The number of fused-ring (bicyclic) bond motifs is 1. The van der Waals surface area contributed by atoms with Crippen LogP contribution in [0.5, 0.6) is 0 Å². The van der Waals surface area contributed by atoms with E-state index in [0.29, 0.717) is 30.6 Å². The molecule has 2 saturated heterocycles. The van der Waals surface area contributed by atoms with Crippen LogP contribution in [0.4, 0.5) is 0 Å². The molecule has 5 rings (SSSR count). The van der Waals surface area contributed by atoms with Gasteiger partial charge in [-0.15, -0.1) is 0 Å². The quantitative estimate of drug-likeness (QED) is 0.736. The standard InChI is InChI=1S/C21H26N4O3/c26-19-6-5-18(20(27)23-19)25-12-14-2-1-13(9-17(14)21(25)28)11-24(15-3-4-15)16-7-8-22-10-16/h1-2,9,15-16,18,22H,3-8,10-12H2,(H,23,26,27). The Morgan fingerprint density at radius 3 is 2.64 bits per heavy atom. The molecule has 2 unspecified atom stereocenters. The summed E-state index contributed by atoms with van der Waals surface area (Å²) in [5.41, 5.74) is 2.84. The molecule has 3 fully saturated rings. The first-order valence-electron chi connectivity index (χ1n) is 10.3. The molecule has 1 aromatic carbocycles. The third-order valence-corrected chi connectivity index (χ3v) is 6.48. The first-order valence-corrected chi connectivity index (χ1v) is 10.3. The molecule has 1 saturated carbocycles. The lowest BCUT2D eigenvalue weighted by molar-refractivity contribution is -0.136. The minimum Gasteiger partial charge on any atom is -0.322 e. The van der Waals surface area contributed by atoms with Crippen molar-refractivity contribution < 1.29 is 14.4 Å². The van der Waals surface area contributed by atoms with Crippen LogP contribution in [0, 0.1) is 0 Å². The van der Waals surface area contributed by atoms with Crippen molar-refractivity contribution in [3.8, 4) is 0 Å². The monoisotopic (exact) mass is 382 g/mol. The largest absolute Gasteiger partial charge is 0.322 e. The molecular weight excluding hydrogens is 356 g/mol. The van der Waals surface area contributed by atoms with Gasteiger partial charge in [0.15, 0.2) is 0 Å². The number of hydrogen-bond acceptors (Lipinski definition) is 5. The van der Waals surface area contributed by atoms with E-state index in [4.69, 9.17) is 0 Å². The van der Waals surface area contributed by atoms with Gasteiger partial charge in [0.1, 0.15) is 6.04 Å². The lowest BCUT2D eigenvalue weighted by atomic mass is 10.0. The average Bonchev–Trinajstić information content (AvgIpc) is 3.27. The number of carbonyl (C=O) groups is 3. The summed E-state index contributed by atoms with van der Waals surface area (Å²) < 4.78 is 0. The number of rotatable bonds is 5. The number of hydrogen-bond donors (Lipinski definition) is 2. The van der Waals surface area contributed by atoms with Crippen LogP contribution in [0.25, 0.3) is 0 Å². The van der Waals surface area contributed by atoms with Gasteiger partial charge in [-0.25, -0.2) is 0 Å². The van der Waals surface area contributed by atoms with Crippen molar-refractivity contribution in [2.75, 3.05) is 13.1 Å². The zero-order valence-electron chi connectivity index (χ0n) is 15.9. The Kier molecular flexibility index (Phi) is 4.44. The molecule has 3 amide bonds. The maximum atomic E-state index is 13.0. The molecule has 0 bridgehead atoms. The molecule has 0 spiro atoms. The maximum Gasteiger partial charge on any atom is 0.255 e. The molecule has 7 heteroatoms. The lowest BCUT2D eigenvalue weighted by Gasteiger charge is -2.29. The van der Waals surface area contributed by atoms with E-state index in [1.54, 1.807) is 4.90 Å². The molecule has 1 aliphatic carbocycles. The van der Waals surface area contributed by atoms with Gasteiger partial charge in [0, 0.05) is 43.7 Å². The second-order valence-electron chi connectivity index (χ2n) is 8.44. The number of nitrogens with one attached hydrogen (secondary N) is 2. The second kappa shape index (κ2) is 6.97. The Morgan fingerprint density at radius 1 is 1.07 bits per heavy atom. The molecule has 4 aliphatic rings. The molecule has 2 N–H and O–H groups in total. The highest BCUT2D eigenvalue weighted by molar-refractivity contribution is 6.05. The first kappa shape index (κ1) is 17.8. The second-order valence-corrected chi connectivity index (χ2v) is 8.44. The highest BCUT2D eigenvalue weighted by atomic mass is 16.2. The topological polar surface area (TPSA) is 81.8 Å². The number of piperidine rings is 1. The molecule has 0 aromatic heterocycles. The summed E-state index contributed by atoms with van der Waals surface area (Å²) in [4.78, 5) is 40.8. The van der Waals surface area contributed by atoms with E-state index >= 15 is 0 Å². The zero-order valence-corrected chi connectivity index (χ0v) is 15.9. The summed E-state index contributed by atoms with van der Waals surface area (Å²) >= 11 is 0. The predicted molar refractivity (Wildman–Crippen MR) is 102 cm³/mol. The number of amides is 3. The first-order chi connectivity index (χ1) is 13.6. The summed E-state index contributed by atoms with van der Waals surface area (Å²) in [7, 11) is 0. The zero-order chi connectivity index (χ0) is 19.3. The maximum absolute atomic E-state index is 13.0. The fraction of sp³-hybridized carbons (Fsp3) is 0.571. The van der Waals surface area contributed by atoms with Gasteiger partial charge >= 0.3 is 0 Å². The Bertz CT molecular complexity index is 829. The van der Waals surface area contributed by atoms with Crippen LogP contribution in [-0.2, 0) is 22.7 Å². The van der Waals surface area contributed by atoms with Crippen LogP contribution in [0.1, 0.15) is 53.6 Å². The molecule has 1 aromatic rings. The fourth-order valence-corrected chi connectivity index (χ4v) is 4.80. The molecule has 3 aliphatic heterocycles. The third kappa shape index (κ3) is 3.22. The van der Waals surface area contributed by atoms with Crippen molar-refractivity contribution in [2.45, 2.75) is 63.3 Å². The summed E-state index contributed by atoms with van der Waals surface area (Å²) in [5.74, 6) is -0.701. The Balaban J connectivity index is 1.33. The number of nitrogens with zero attached hydrogens (tertiary/aromatic N) is 2. The van der Waals surface area contributed by atoms with Crippen molar-refractivity contribution in [1.82, 2.24) is 20.4 Å². The van der Waals surface area contributed by atoms with Gasteiger partial charge in [0.05, 0.1) is 0 Å². The third-order valence-electron chi connectivity index (χ3n) is 6.48. The summed E-state index contributed by atoms with van der Waals surface area (Å²) in [6, 6.07) is 6.88. The van der Waals surface area contributed by atoms with Crippen molar-refractivity contribution in [3.63, 3.8) is 0 Å². The van der Waals surface area contributed by atoms with Crippen LogP contribution in [-0.4, -0.2) is 58.7 Å². The van der Waals surface area contributed by atoms with E-state index in [0.717, 1.165) is 30.8 Å². The van der Waals surface area contributed by atoms with Crippen LogP contribution in [0.15, 0.2) is 18.2 Å². The Morgan fingerprint density at radius 2 is 1.93 bits per heavy atom. The van der Waals surface area contributed by atoms with Crippen LogP contribution in [0.3, 0.4) is 0 Å². The minimum absolute atomic E-state index is 0.0909. The van der Waals surface area contributed by atoms with E-state index in [1.807, 2.05) is 12.1 Å². The smallest absolute Gasteiger partial charge is 0.255 e. The molecule has 0 radical (unpaired) electrons. The van der Waals surface area contributed by atoms with E-state index in [1.165, 1.54) is 19.3 Å². The molecule has 2 atom stereocenters. The van der Waals surface area contributed by atoms with Crippen LogP contribution < -0.4 is 10.6 Å². The van der Waals surface area contributed by atoms with Crippen LogP contribution in [0.2, 0.25) is 0 Å². The average molecular weight is 382 g/mol. The lowest BCUT2D eigenvalue weighted by Crippen LogP contribution is -2.52. The fourth-order valence-electron chi connectivity index (χ4n) is 4.80. The van der Waals surface area contributed by atoms with Crippen LogP contribution >= 0.6 is 0 Å². The van der Waals surface area contributed by atoms with Crippen molar-refractivity contribution >= 4 is 17.7 Å². The normalized spacial score (nSPS) is 27.5. The minimum atomic E-state index is -0.548. The van der Waals surface area contributed by atoms with E-state index in [9.17, 15) is 14.4 Å². The number of imide groups is 1. The molecule has 28 heavy (non-hydrogen) atoms. The molecule has 3 heterocycles. The molecule has 7 nitrogen and oxygen atoms in total. The van der Waals surface area contributed by atoms with Gasteiger partial charge in [-0.1, -0.05) is 12.1 Å². The van der Waals surface area contributed by atoms with Gasteiger partial charge in [-0.2, -0.15) is 0 Å². The van der Waals surface area contributed by atoms with Gasteiger partial charge in [0.2, 0.25) is 11.8 Å². The summed E-state index contributed by atoms with van der Waals surface area (Å²) in [6.45, 7) is 3.44. The Hall–Kier alpha value is -2.25. The molecular formula is C21H26N4O3. The van der Waals surface area contributed by atoms with Crippen molar-refractivity contribution in [3.05, 3.63) is 34.9 Å². The van der Waals surface area contributed by atoms with Crippen molar-refractivity contribution in [2.24, 2.45) is 0 Å². The summed E-state index contributed by atoms with van der Waals surface area (Å²) in [5, 5.41) is 5.81. The highest BCUT2D eigenvalue weighted by Gasteiger charge is 2.39. The van der Waals surface area contributed by atoms with Gasteiger partial charge in [-0.05, 0) is 49.4 Å². The van der Waals surface area contributed by atoms with E-state index < -0.39 is 6.04 Å². The van der Waals surface area contributed by atoms with E-state index in [2.05, 4.69) is 21.6 Å². The number of benzene rings is 1. The predicted octanol–water partition coefficient (Wildman–Crippen LogP) is 0.774. The summed E-state index contributed by atoms with van der Waals surface area (Å²) in [6.07, 6.45) is 4.41. The number of carbonyl (C=O) groups excluding carboxylic acids is 3. The van der Waals surface area contributed by atoms with E-state index in [-0.39, 0.29) is 24.1 Å². The van der Waals surface area contributed by atoms with Gasteiger partial charge in [0.25, 0.3) is 5.91 Å². The van der Waals surface area contributed by atoms with Crippen molar-refractivity contribution in [1.29, 1.82) is 0 Å². The molecule has 148 valence electrons. The highest BCUT2D eigenvalue weighted by Crippen LogP contribution is 2.33. The SMILES string of the molecule is O=C1CCC(N2Cc3ccc(CN(C4CC4)C4CCNC4)cc3C2=O)C(=O)N1. The van der Waals surface area contributed by atoms with Gasteiger partial charge in [-0.3, -0.25) is 24.6 Å². The van der Waals surface area contributed by atoms with Gasteiger partial charge < -0.3 is 10.2 Å².